The molecule has 0 saturated carbocycles. The third-order valence-corrected chi connectivity index (χ3v) is 5.24. The van der Waals surface area contributed by atoms with E-state index in [2.05, 4.69) is 10.6 Å². The summed E-state index contributed by atoms with van der Waals surface area (Å²) in [5.41, 5.74) is 1.63. The van der Waals surface area contributed by atoms with E-state index in [4.69, 9.17) is 0 Å². The minimum absolute atomic E-state index is 0.0918. The summed E-state index contributed by atoms with van der Waals surface area (Å²) in [4.78, 5) is 26.2. The topological polar surface area (TPSA) is 58.2 Å². The molecular weight excluding hydrogens is 368 g/mol. The number of hydrogen-bond acceptors (Lipinski definition) is 3. The Morgan fingerprint density at radius 3 is 2.32 bits per heavy atom. The maximum atomic E-state index is 12.9. The zero-order chi connectivity index (χ0) is 20.1. The smallest absolute Gasteiger partial charge is 0.252 e. The molecule has 0 bridgehead atoms. The predicted octanol–water partition coefficient (Wildman–Crippen LogP) is 5.25. The lowest BCUT2D eigenvalue weighted by atomic mass is 9.95. The standard InChI is InChI=1S/C23H24N2O2S/c1-23(2,3)22(27)24-18-12-7-11-17(15-18)21(26)25-20(19-13-8-14-28-19)16-9-5-4-6-10-16/h4-15,20H,1-3H3,(H,24,27)(H,25,26)/t20-/m1/s1. The van der Waals surface area contributed by atoms with Gasteiger partial charge in [-0.3, -0.25) is 9.59 Å². The van der Waals surface area contributed by atoms with E-state index < -0.39 is 5.41 Å². The Balaban J connectivity index is 1.81. The minimum atomic E-state index is -0.504. The molecule has 1 atom stereocenters. The van der Waals surface area contributed by atoms with Crippen LogP contribution >= 0.6 is 11.3 Å². The van der Waals surface area contributed by atoms with Crippen LogP contribution in [0.3, 0.4) is 0 Å². The Kier molecular flexibility index (Phi) is 5.95. The van der Waals surface area contributed by atoms with Gasteiger partial charge in [-0.2, -0.15) is 0 Å². The van der Waals surface area contributed by atoms with Gasteiger partial charge in [-0.1, -0.05) is 63.2 Å². The van der Waals surface area contributed by atoms with Gasteiger partial charge in [0.2, 0.25) is 5.91 Å². The van der Waals surface area contributed by atoms with Crippen LogP contribution in [0.2, 0.25) is 0 Å². The summed E-state index contributed by atoms with van der Waals surface area (Å²) in [6.07, 6.45) is 0. The van der Waals surface area contributed by atoms with E-state index >= 15 is 0 Å². The summed E-state index contributed by atoms with van der Waals surface area (Å²) in [5, 5.41) is 7.99. The fraction of sp³-hybridized carbons (Fsp3) is 0.217. The number of benzene rings is 2. The van der Waals surface area contributed by atoms with Crippen LogP contribution in [-0.4, -0.2) is 11.8 Å². The number of thiophene rings is 1. The van der Waals surface area contributed by atoms with Crippen molar-refractivity contribution in [3.8, 4) is 0 Å². The Labute approximate surface area is 169 Å². The molecule has 0 aliphatic rings. The van der Waals surface area contributed by atoms with Crippen LogP contribution in [0.4, 0.5) is 5.69 Å². The van der Waals surface area contributed by atoms with Crippen molar-refractivity contribution >= 4 is 28.8 Å². The molecule has 5 heteroatoms. The maximum Gasteiger partial charge on any atom is 0.252 e. The van der Waals surface area contributed by atoms with Gasteiger partial charge >= 0.3 is 0 Å². The Hall–Kier alpha value is -2.92. The van der Waals surface area contributed by atoms with Crippen LogP contribution in [0.15, 0.2) is 72.1 Å². The van der Waals surface area contributed by atoms with E-state index in [1.165, 1.54) is 0 Å². The summed E-state index contributed by atoms with van der Waals surface area (Å²) in [6.45, 7) is 5.55. The van der Waals surface area contributed by atoms with Crippen LogP contribution in [0.25, 0.3) is 0 Å². The van der Waals surface area contributed by atoms with Crippen LogP contribution in [0.5, 0.6) is 0 Å². The third-order valence-electron chi connectivity index (χ3n) is 4.30. The molecule has 2 aromatic carbocycles. The van der Waals surface area contributed by atoms with E-state index in [1.54, 1.807) is 35.6 Å². The molecule has 1 aromatic heterocycles. The maximum absolute atomic E-state index is 12.9. The zero-order valence-electron chi connectivity index (χ0n) is 16.2. The molecular formula is C23H24N2O2S. The second kappa shape index (κ2) is 8.40. The van der Waals surface area contributed by atoms with Crippen molar-refractivity contribution in [2.45, 2.75) is 26.8 Å². The molecule has 3 aromatic rings. The van der Waals surface area contributed by atoms with Gasteiger partial charge in [-0.15, -0.1) is 11.3 Å². The molecule has 0 spiro atoms. The summed E-state index contributed by atoms with van der Waals surface area (Å²) in [7, 11) is 0. The zero-order valence-corrected chi connectivity index (χ0v) is 17.0. The normalized spacial score (nSPS) is 12.2. The van der Waals surface area contributed by atoms with Crippen molar-refractivity contribution in [3.63, 3.8) is 0 Å². The van der Waals surface area contributed by atoms with Crippen molar-refractivity contribution < 1.29 is 9.59 Å². The highest BCUT2D eigenvalue weighted by Crippen LogP contribution is 2.26. The molecule has 1 heterocycles. The quantitative estimate of drug-likeness (QED) is 0.623. The largest absolute Gasteiger partial charge is 0.340 e. The highest BCUT2D eigenvalue weighted by Gasteiger charge is 2.22. The molecule has 0 unspecified atom stereocenters. The van der Waals surface area contributed by atoms with E-state index in [0.717, 1.165) is 10.4 Å². The SMILES string of the molecule is CC(C)(C)C(=O)Nc1cccc(C(=O)N[C@H](c2ccccc2)c2cccs2)c1. The number of nitrogens with one attached hydrogen (secondary N) is 2. The van der Waals surface area contributed by atoms with Crippen LogP contribution in [0, 0.1) is 5.41 Å². The van der Waals surface area contributed by atoms with E-state index in [1.807, 2.05) is 68.6 Å². The predicted molar refractivity (Wildman–Crippen MR) is 115 cm³/mol. The molecule has 144 valence electrons. The molecule has 0 aliphatic heterocycles. The van der Waals surface area contributed by atoms with Crippen molar-refractivity contribution in [3.05, 3.63) is 88.1 Å². The van der Waals surface area contributed by atoms with Gasteiger partial charge in [0.25, 0.3) is 5.91 Å². The lowest BCUT2D eigenvalue weighted by molar-refractivity contribution is -0.123. The van der Waals surface area contributed by atoms with Crippen LogP contribution < -0.4 is 10.6 Å². The molecule has 2 amide bonds. The third kappa shape index (κ3) is 4.87. The summed E-state index contributed by atoms with van der Waals surface area (Å²) in [6, 6.07) is 20.7. The summed E-state index contributed by atoms with van der Waals surface area (Å²) in [5.74, 6) is -0.278. The van der Waals surface area contributed by atoms with Gasteiger partial charge in [0.05, 0.1) is 6.04 Å². The van der Waals surface area contributed by atoms with Crippen molar-refractivity contribution in [2.24, 2.45) is 5.41 Å². The highest BCUT2D eigenvalue weighted by atomic mass is 32.1. The minimum Gasteiger partial charge on any atom is -0.340 e. The Morgan fingerprint density at radius 2 is 1.68 bits per heavy atom. The molecule has 3 rings (SSSR count). The average Bonchev–Trinajstić information content (AvgIpc) is 3.20. The highest BCUT2D eigenvalue weighted by molar-refractivity contribution is 7.10. The molecule has 4 nitrogen and oxygen atoms in total. The van der Waals surface area contributed by atoms with Gasteiger partial charge in [-0.05, 0) is 35.2 Å². The number of rotatable bonds is 5. The monoisotopic (exact) mass is 392 g/mol. The molecule has 0 radical (unpaired) electrons. The van der Waals surface area contributed by atoms with Gasteiger partial charge < -0.3 is 10.6 Å². The first kappa shape index (κ1) is 19.8. The molecule has 0 fully saturated rings. The molecule has 28 heavy (non-hydrogen) atoms. The summed E-state index contributed by atoms with van der Waals surface area (Å²) >= 11 is 1.61. The van der Waals surface area contributed by atoms with Crippen molar-refractivity contribution in [2.75, 3.05) is 5.32 Å². The second-order valence-corrected chi connectivity index (χ2v) is 8.60. The van der Waals surface area contributed by atoms with Crippen LogP contribution in [0.1, 0.15) is 47.6 Å². The van der Waals surface area contributed by atoms with E-state index in [-0.39, 0.29) is 17.9 Å². The molecule has 0 aliphatic carbocycles. The average molecular weight is 393 g/mol. The number of amides is 2. The molecule has 2 N–H and O–H groups in total. The van der Waals surface area contributed by atoms with Crippen LogP contribution in [-0.2, 0) is 4.79 Å². The number of carbonyl (C=O) groups is 2. The van der Waals surface area contributed by atoms with Gasteiger partial charge in [0.15, 0.2) is 0 Å². The lowest BCUT2D eigenvalue weighted by Gasteiger charge is -2.19. The lowest BCUT2D eigenvalue weighted by Crippen LogP contribution is -2.29. The fourth-order valence-electron chi connectivity index (χ4n) is 2.69. The van der Waals surface area contributed by atoms with E-state index in [0.29, 0.717) is 11.3 Å². The Morgan fingerprint density at radius 1 is 0.929 bits per heavy atom. The summed E-state index contributed by atoms with van der Waals surface area (Å²) < 4.78 is 0. The van der Waals surface area contributed by atoms with Crippen molar-refractivity contribution in [1.82, 2.24) is 5.32 Å². The Bertz CT molecular complexity index is 944. The van der Waals surface area contributed by atoms with Gasteiger partial charge in [-0.25, -0.2) is 0 Å². The van der Waals surface area contributed by atoms with Crippen molar-refractivity contribution in [1.29, 1.82) is 0 Å². The molecule has 0 saturated heterocycles. The number of carbonyl (C=O) groups excluding carboxylic acids is 2. The first-order valence-corrected chi connectivity index (χ1v) is 10.0. The van der Waals surface area contributed by atoms with Gasteiger partial charge in [0.1, 0.15) is 0 Å². The van der Waals surface area contributed by atoms with E-state index in [9.17, 15) is 9.59 Å². The second-order valence-electron chi connectivity index (χ2n) is 7.62. The first-order valence-electron chi connectivity index (χ1n) is 9.15. The number of anilines is 1. The first-order chi connectivity index (χ1) is 13.3. The number of hydrogen-bond donors (Lipinski definition) is 2. The fourth-order valence-corrected chi connectivity index (χ4v) is 3.49. The van der Waals surface area contributed by atoms with Gasteiger partial charge in [0, 0.05) is 21.5 Å².